The van der Waals surface area contributed by atoms with Crippen LogP contribution >= 0.6 is 0 Å². The van der Waals surface area contributed by atoms with Crippen LogP contribution in [0.25, 0.3) is 5.65 Å². The fourth-order valence-electron chi connectivity index (χ4n) is 2.18. The van der Waals surface area contributed by atoms with E-state index in [9.17, 15) is 0 Å². The quantitative estimate of drug-likeness (QED) is 0.820. The Kier molecular flexibility index (Phi) is 2.02. The maximum Gasteiger partial charge on any atom is 0.136 e. The van der Waals surface area contributed by atoms with E-state index in [-0.39, 0.29) is 0 Å². The summed E-state index contributed by atoms with van der Waals surface area (Å²) in [6.45, 7) is 1.54. The number of aromatic nitrogens is 3. The van der Waals surface area contributed by atoms with Gasteiger partial charge in [0.1, 0.15) is 5.65 Å². The third-order valence-corrected chi connectivity index (χ3v) is 3.31. The summed E-state index contributed by atoms with van der Waals surface area (Å²) in [5.74, 6) is 0.705. The molecule has 15 heavy (non-hydrogen) atoms. The lowest BCUT2D eigenvalue weighted by molar-refractivity contribution is 0.409. The van der Waals surface area contributed by atoms with Gasteiger partial charge in [-0.3, -0.25) is 0 Å². The highest BCUT2D eigenvalue weighted by Gasteiger charge is 2.22. The first-order valence-corrected chi connectivity index (χ1v) is 5.63. The van der Waals surface area contributed by atoms with Gasteiger partial charge < -0.3 is 10.3 Å². The summed E-state index contributed by atoms with van der Waals surface area (Å²) in [6.07, 6.45) is 8.01. The van der Waals surface area contributed by atoms with Crippen molar-refractivity contribution in [2.75, 3.05) is 6.54 Å². The zero-order valence-corrected chi connectivity index (χ0v) is 8.76. The van der Waals surface area contributed by atoms with Gasteiger partial charge in [-0.25, -0.2) is 4.52 Å². The Labute approximate surface area is 88.7 Å². The maximum atomic E-state index is 5.56. The molecule has 0 amide bonds. The van der Waals surface area contributed by atoms with Crippen LogP contribution in [0.1, 0.15) is 30.9 Å². The summed E-state index contributed by atoms with van der Waals surface area (Å²) in [6, 6.07) is 2.21. The molecule has 1 saturated carbocycles. The summed E-state index contributed by atoms with van der Waals surface area (Å²) in [5.41, 5.74) is 7.99. The average Bonchev–Trinajstić information content (AvgIpc) is 2.65. The van der Waals surface area contributed by atoms with Crippen molar-refractivity contribution in [2.45, 2.75) is 31.7 Å². The number of fused-ring (bicyclic) bond motifs is 1. The Morgan fingerprint density at radius 2 is 2.27 bits per heavy atom. The smallest absolute Gasteiger partial charge is 0.136 e. The molecule has 4 nitrogen and oxygen atoms in total. The van der Waals surface area contributed by atoms with Crippen molar-refractivity contribution in [3.8, 4) is 0 Å². The first kappa shape index (κ1) is 8.97. The van der Waals surface area contributed by atoms with Gasteiger partial charge in [0, 0.05) is 37.5 Å². The van der Waals surface area contributed by atoms with Crippen molar-refractivity contribution in [1.82, 2.24) is 14.2 Å². The number of nitrogens with two attached hydrogens (primary N) is 1. The average molecular weight is 204 g/mol. The van der Waals surface area contributed by atoms with Gasteiger partial charge in [0.2, 0.25) is 0 Å². The standard InChI is InChI=1S/C11H16N4/c12-4-5-14-6-7-15-11(14)8-10(13-15)9-2-1-3-9/h6-9H,1-5,12H2. The molecular weight excluding hydrogens is 188 g/mol. The van der Waals surface area contributed by atoms with E-state index in [0.717, 1.165) is 6.54 Å². The minimum absolute atomic E-state index is 0.675. The molecule has 3 rings (SSSR count). The van der Waals surface area contributed by atoms with Crippen molar-refractivity contribution in [3.63, 3.8) is 0 Å². The SMILES string of the molecule is NCCn1ccn2nc(C3CCC3)cc12. The van der Waals surface area contributed by atoms with Gasteiger partial charge in [-0.2, -0.15) is 5.10 Å². The second-order valence-electron chi connectivity index (χ2n) is 4.28. The number of hydrogen-bond donors (Lipinski definition) is 1. The van der Waals surface area contributed by atoms with Gasteiger partial charge in [-0.15, -0.1) is 0 Å². The van der Waals surface area contributed by atoms with Crippen LogP contribution in [0.4, 0.5) is 0 Å². The molecule has 1 aliphatic rings. The molecule has 2 N–H and O–H groups in total. The van der Waals surface area contributed by atoms with Gasteiger partial charge in [-0.1, -0.05) is 6.42 Å². The molecule has 0 unspecified atom stereocenters. The zero-order valence-electron chi connectivity index (χ0n) is 8.76. The van der Waals surface area contributed by atoms with Crippen molar-refractivity contribution in [1.29, 1.82) is 0 Å². The first-order valence-electron chi connectivity index (χ1n) is 5.63. The Balaban J connectivity index is 1.98. The van der Waals surface area contributed by atoms with Crippen molar-refractivity contribution < 1.29 is 0 Å². The molecular formula is C11H16N4. The summed E-state index contributed by atoms with van der Waals surface area (Å²) in [4.78, 5) is 0. The van der Waals surface area contributed by atoms with Crippen molar-refractivity contribution in [3.05, 3.63) is 24.2 Å². The van der Waals surface area contributed by atoms with Crippen LogP contribution in [-0.4, -0.2) is 20.7 Å². The number of rotatable bonds is 3. The van der Waals surface area contributed by atoms with Crippen LogP contribution in [0.15, 0.2) is 18.5 Å². The fourth-order valence-corrected chi connectivity index (χ4v) is 2.18. The van der Waals surface area contributed by atoms with Gasteiger partial charge in [0.25, 0.3) is 0 Å². The second-order valence-corrected chi connectivity index (χ2v) is 4.28. The van der Waals surface area contributed by atoms with E-state index in [4.69, 9.17) is 5.73 Å². The fraction of sp³-hybridized carbons (Fsp3) is 0.545. The van der Waals surface area contributed by atoms with E-state index in [1.54, 1.807) is 0 Å². The molecule has 2 aromatic heterocycles. The monoisotopic (exact) mass is 204 g/mol. The van der Waals surface area contributed by atoms with Crippen LogP contribution in [-0.2, 0) is 6.54 Å². The number of hydrogen-bond acceptors (Lipinski definition) is 2. The normalized spacial score (nSPS) is 17.1. The Bertz CT molecular complexity index is 464. The molecule has 80 valence electrons. The minimum atomic E-state index is 0.675. The Morgan fingerprint density at radius 1 is 1.40 bits per heavy atom. The molecule has 0 aromatic carbocycles. The molecule has 0 atom stereocenters. The predicted octanol–water partition coefficient (Wildman–Crippen LogP) is 1.36. The molecule has 0 spiro atoms. The van der Waals surface area contributed by atoms with Crippen LogP contribution in [0.2, 0.25) is 0 Å². The molecule has 1 aliphatic carbocycles. The van der Waals surface area contributed by atoms with Crippen molar-refractivity contribution >= 4 is 5.65 Å². The highest BCUT2D eigenvalue weighted by Crippen LogP contribution is 2.35. The minimum Gasteiger partial charge on any atom is -0.330 e. The van der Waals surface area contributed by atoms with Crippen molar-refractivity contribution in [2.24, 2.45) is 5.73 Å². The third kappa shape index (κ3) is 1.36. The van der Waals surface area contributed by atoms with E-state index < -0.39 is 0 Å². The molecule has 2 aromatic rings. The van der Waals surface area contributed by atoms with E-state index >= 15 is 0 Å². The zero-order chi connectivity index (χ0) is 10.3. The summed E-state index contributed by atoms with van der Waals surface area (Å²) >= 11 is 0. The third-order valence-electron chi connectivity index (χ3n) is 3.31. The van der Waals surface area contributed by atoms with E-state index in [1.807, 2.05) is 16.9 Å². The van der Waals surface area contributed by atoms with Gasteiger partial charge in [-0.05, 0) is 12.8 Å². The summed E-state index contributed by atoms with van der Waals surface area (Å²) in [5, 5.41) is 4.59. The molecule has 4 heteroatoms. The number of nitrogens with zero attached hydrogens (tertiary/aromatic N) is 3. The number of imidazole rings is 1. The second kappa shape index (κ2) is 3.38. The highest BCUT2D eigenvalue weighted by atomic mass is 15.3. The summed E-state index contributed by atoms with van der Waals surface area (Å²) in [7, 11) is 0. The Morgan fingerprint density at radius 3 is 2.93 bits per heavy atom. The van der Waals surface area contributed by atoms with Gasteiger partial charge >= 0.3 is 0 Å². The lowest BCUT2D eigenvalue weighted by Gasteiger charge is -2.22. The van der Waals surface area contributed by atoms with E-state index in [2.05, 4.69) is 15.7 Å². The molecule has 0 aliphatic heterocycles. The molecule has 1 fully saturated rings. The topological polar surface area (TPSA) is 48.2 Å². The van der Waals surface area contributed by atoms with Crippen LogP contribution in [0.3, 0.4) is 0 Å². The molecule has 0 bridgehead atoms. The highest BCUT2D eigenvalue weighted by molar-refractivity contribution is 5.42. The van der Waals surface area contributed by atoms with E-state index in [0.29, 0.717) is 12.5 Å². The van der Waals surface area contributed by atoms with E-state index in [1.165, 1.54) is 30.6 Å². The summed E-state index contributed by atoms with van der Waals surface area (Å²) < 4.78 is 4.12. The lowest BCUT2D eigenvalue weighted by atomic mass is 9.83. The Hall–Kier alpha value is -1.29. The van der Waals surface area contributed by atoms with Crippen LogP contribution in [0, 0.1) is 0 Å². The lowest BCUT2D eigenvalue weighted by Crippen LogP contribution is -2.09. The first-order chi connectivity index (χ1) is 7.38. The van der Waals surface area contributed by atoms with Crippen LogP contribution in [0.5, 0.6) is 0 Å². The van der Waals surface area contributed by atoms with Gasteiger partial charge in [0.05, 0.1) is 5.69 Å². The maximum absolute atomic E-state index is 5.56. The largest absolute Gasteiger partial charge is 0.330 e. The molecule has 0 saturated heterocycles. The molecule has 0 radical (unpaired) electrons. The van der Waals surface area contributed by atoms with Gasteiger partial charge in [0.15, 0.2) is 0 Å². The predicted molar refractivity (Wildman–Crippen MR) is 58.8 cm³/mol. The van der Waals surface area contributed by atoms with Crippen LogP contribution < -0.4 is 5.73 Å². The molecule has 2 heterocycles.